The number of benzene rings is 2. The second kappa shape index (κ2) is 8.81. The maximum atomic E-state index is 12.3. The lowest BCUT2D eigenvalue weighted by Gasteiger charge is -2.33. The number of hydrogen-bond acceptors (Lipinski definition) is 3. The van der Waals surface area contributed by atoms with Crippen LogP contribution in [0.25, 0.3) is 0 Å². The highest BCUT2D eigenvalue weighted by Gasteiger charge is 2.21. The quantitative estimate of drug-likeness (QED) is 0.797. The fourth-order valence-corrected chi connectivity index (χ4v) is 3.43. The van der Waals surface area contributed by atoms with Gasteiger partial charge < -0.3 is 10.1 Å². The number of carbonyl (C=O) groups excluding carboxylic acids is 1. The first-order chi connectivity index (χ1) is 12.1. The molecule has 1 aliphatic heterocycles. The van der Waals surface area contributed by atoms with Crippen molar-refractivity contribution in [2.45, 2.75) is 12.6 Å². The van der Waals surface area contributed by atoms with Gasteiger partial charge in [0.25, 0.3) is 5.91 Å². The van der Waals surface area contributed by atoms with E-state index in [1.165, 1.54) is 5.56 Å². The van der Waals surface area contributed by atoms with E-state index in [1.807, 2.05) is 12.1 Å². The van der Waals surface area contributed by atoms with Crippen LogP contribution in [0.2, 0.25) is 5.02 Å². The third-order valence-corrected chi connectivity index (χ3v) is 4.96. The summed E-state index contributed by atoms with van der Waals surface area (Å²) in [5.41, 5.74) is 1.75. The smallest absolute Gasteiger partial charge is 0.252 e. The van der Waals surface area contributed by atoms with Gasteiger partial charge in [-0.3, -0.25) is 9.69 Å². The van der Waals surface area contributed by atoms with Crippen LogP contribution in [0.3, 0.4) is 0 Å². The maximum Gasteiger partial charge on any atom is 0.252 e. The Balaban J connectivity index is 1.52. The Morgan fingerprint density at radius 2 is 2.08 bits per heavy atom. The standard InChI is InChI=1S/C19H20BrClN2O2/c20-15-6-7-18(21)17(10-15)19(24)22-11-16-13-23(8-9-25-16)12-14-4-2-1-3-5-14/h1-7,10,16H,8-9,11-13H2,(H,22,24)/t16-/m0/s1. The average molecular weight is 424 g/mol. The van der Waals surface area contributed by atoms with Gasteiger partial charge in [-0.25, -0.2) is 0 Å². The van der Waals surface area contributed by atoms with Crippen molar-refractivity contribution in [2.24, 2.45) is 0 Å². The topological polar surface area (TPSA) is 41.6 Å². The molecule has 4 nitrogen and oxygen atoms in total. The molecule has 2 aromatic rings. The highest BCUT2D eigenvalue weighted by Crippen LogP contribution is 2.21. The predicted octanol–water partition coefficient (Wildman–Crippen LogP) is 3.73. The lowest BCUT2D eigenvalue weighted by molar-refractivity contribution is -0.0292. The van der Waals surface area contributed by atoms with Gasteiger partial charge >= 0.3 is 0 Å². The average Bonchev–Trinajstić information content (AvgIpc) is 2.63. The fourth-order valence-electron chi connectivity index (χ4n) is 2.86. The number of morpholine rings is 1. The molecule has 0 aromatic heterocycles. The molecule has 3 rings (SSSR count). The molecule has 6 heteroatoms. The van der Waals surface area contributed by atoms with E-state index in [0.29, 0.717) is 23.7 Å². The second-order valence-corrected chi connectivity index (χ2v) is 7.37. The first-order valence-corrected chi connectivity index (χ1v) is 9.40. The van der Waals surface area contributed by atoms with Gasteiger partial charge in [0.2, 0.25) is 0 Å². The summed E-state index contributed by atoms with van der Waals surface area (Å²) >= 11 is 9.47. The summed E-state index contributed by atoms with van der Waals surface area (Å²) in [4.78, 5) is 14.7. The molecule has 1 heterocycles. The van der Waals surface area contributed by atoms with E-state index in [4.69, 9.17) is 16.3 Å². The van der Waals surface area contributed by atoms with Gasteiger partial charge in [0, 0.05) is 30.7 Å². The summed E-state index contributed by atoms with van der Waals surface area (Å²) in [6.45, 7) is 3.72. The number of rotatable bonds is 5. The Labute approximate surface area is 161 Å². The second-order valence-electron chi connectivity index (χ2n) is 6.05. The third-order valence-electron chi connectivity index (χ3n) is 4.14. The van der Waals surface area contributed by atoms with Crippen molar-refractivity contribution in [3.63, 3.8) is 0 Å². The van der Waals surface area contributed by atoms with E-state index in [-0.39, 0.29) is 12.0 Å². The van der Waals surface area contributed by atoms with Crippen molar-refractivity contribution in [3.8, 4) is 0 Å². The van der Waals surface area contributed by atoms with E-state index in [2.05, 4.69) is 50.4 Å². The number of halogens is 2. The highest BCUT2D eigenvalue weighted by molar-refractivity contribution is 9.10. The summed E-state index contributed by atoms with van der Waals surface area (Å²) in [6, 6.07) is 15.6. The van der Waals surface area contributed by atoms with Crippen molar-refractivity contribution in [1.82, 2.24) is 10.2 Å². The highest BCUT2D eigenvalue weighted by atomic mass is 79.9. The van der Waals surface area contributed by atoms with Gasteiger partial charge in [0.1, 0.15) is 0 Å². The van der Waals surface area contributed by atoms with Crippen molar-refractivity contribution in [1.29, 1.82) is 0 Å². The number of carbonyl (C=O) groups is 1. The first-order valence-electron chi connectivity index (χ1n) is 8.23. The van der Waals surface area contributed by atoms with E-state index in [0.717, 1.165) is 24.1 Å². The summed E-state index contributed by atoms with van der Waals surface area (Å²) in [6.07, 6.45) is -0.0210. The molecule has 0 bridgehead atoms. The zero-order valence-electron chi connectivity index (χ0n) is 13.8. The summed E-state index contributed by atoms with van der Waals surface area (Å²) in [5, 5.41) is 3.37. The zero-order valence-corrected chi connectivity index (χ0v) is 16.1. The number of hydrogen-bond donors (Lipinski definition) is 1. The minimum atomic E-state index is -0.185. The Morgan fingerprint density at radius 1 is 1.28 bits per heavy atom. The van der Waals surface area contributed by atoms with Crippen molar-refractivity contribution < 1.29 is 9.53 Å². The number of nitrogens with zero attached hydrogens (tertiary/aromatic N) is 1. The first kappa shape index (κ1) is 18.4. The molecule has 0 radical (unpaired) electrons. The van der Waals surface area contributed by atoms with E-state index in [9.17, 15) is 4.79 Å². The molecule has 1 fully saturated rings. The van der Waals surface area contributed by atoms with Crippen molar-refractivity contribution in [2.75, 3.05) is 26.2 Å². The van der Waals surface area contributed by atoms with Gasteiger partial charge in [-0.2, -0.15) is 0 Å². The normalized spacial score (nSPS) is 18.1. The molecule has 1 amide bonds. The largest absolute Gasteiger partial charge is 0.374 e. The third kappa shape index (κ3) is 5.28. The van der Waals surface area contributed by atoms with Crippen LogP contribution in [0.4, 0.5) is 0 Å². The molecule has 0 saturated carbocycles. The van der Waals surface area contributed by atoms with Crippen LogP contribution >= 0.6 is 27.5 Å². The Bertz CT molecular complexity index is 727. The molecule has 1 atom stereocenters. The van der Waals surface area contributed by atoms with Crippen LogP contribution in [-0.4, -0.2) is 43.2 Å². The van der Waals surface area contributed by atoms with E-state index >= 15 is 0 Å². The van der Waals surface area contributed by atoms with Gasteiger partial charge in [-0.15, -0.1) is 0 Å². The van der Waals surface area contributed by atoms with Crippen LogP contribution < -0.4 is 5.32 Å². The van der Waals surface area contributed by atoms with E-state index < -0.39 is 0 Å². The number of ether oxygens (including phenoxy) is 1. The minimum absolute atomic E-state index is 0.0210. The van der Waals surface area contributed by atoms with Crippen LogP contribution in [-0.2, 0) is 11.3 Å². The molecule has 25 heavy (non-hydrogen) atoms. The SMILES string of the molecule is O=C(NC[C@H]1CN(Cc2ccccc2)CCO1)c1cc(Br)ccc1Cl. The minimum Gasteiger partial charge on any atom is -0.374 e. The molecule has 0 aliphatic carbocycles. The number of nitrogens with one attached hydrogen (secondary N) is 1. The van der Waals surface area contributed by atoms with Crippen LogP contribution in [0.1, 0.15) is 15.9 Å². The van der Waals surface area contributed by atoms with Crippen molar-refractivity contribution >= 4 is 33.4 Å². The van der Waals surface area contributed by atoms with Gasteiger partial charge in [0.15, 0.2) is 0 Å². The molecule has 1 saturated heterocycles. The fraction of sp³-hybridized carbons (Fsp3) is 0.316. The molecule has 0 unspecified atom stereocenters. The summed E-state index contributed by atoms with van der Waals surface area (Å²) in [5.74, 6) is -0.185. The lowest BCUT2D eigenvalue weighted by Crippen LogP contribution is -2.47. The monoisotopic (exact) mass is 422 g/mol. The van der Waals surface area contributed by atoms with Gasteiger partial charge in [-0.05, 0) is 23.8 Å². The predicted molar refractivity (Wildman–Crippen MR) is 103 cm³/mol. The molecular weight excluding hydrogens is 404 g/mol. The van der Waals surface area contributed by atoms with Crippen molar-refractivity contribution in [3.05, 3.63) is 69.2 Å². The van der Waals surface area contributed by atoms with Crippen LogP contribution in [0, 0.1) is 0 Å². The number of amides is 1. The molecule has 132 valence electrons. The molecule has 2 aromatic carbocycles. The Kier molecular flexibility index (Phi) is 6.48. The van der Waals surface area contributed by atoms with Crippen LogP contribution in [0.5, 0.6) is 0 Å². The Morgan fingerprint density at radius 3 is 2.88 bits per heavy atom. The molecular formula is C19H20BrClN2O2. The van der Waals surface area contributed by atoms with Gasteiger partial charge in [-0.1, -0.05) is 57.9 Å². The molecule has 1 aliphatic rings. The molecule has 1 N–H and O–H groups in total. The Hall–Kier alpha value is -1.40. The molecule has 0 spiro atoms. The van der Waals surface area contributed by atoms with E-state index in [1.54, 1.807) is 12.1 Å². The zero-order chi connectivity index (χ0) is 17.6. The summed E-state index contributed by atoms with van der Waals surface area (Å²) < 4.78 is 6.61. The summed E-state index contributed by atoms with van der Waals surface area (Å²) in [7, 11) is 0. The maximum absolute atomic E-state index is 12.3. The lowest BCUT2D eigenvalue weighted by atomic mass is 10.2. The van der Waals surface area contributed by atoms with Gasteiger partial charge in [0.05, 0.1) is 23.3 Å². The van der Waals surface area contributed by atoms with Crippen LogP contribution in [0.15, 0.2) is 53.0 Å².